The predicted molar refractivity (Wildman–Crippen MR) is 77.9 cm³/mol. The lowest BCUT2D eigenvalue weighted by Crippen LogP contribution is -2.06. The molecule has 1 aromatic carbocycles. The topological polar surface area (TPSA) is 34.9 Å². The Hall–Kier alpha value is -1.69. The van der Waals surface area contributed by atoms with E-state index in [4.69, 9.17) is 0 Å². The second-order valence-electron chi connectivity index (χ2n) is 4.88. The summed E-state index contributed by atoms with van der Waals surface area (Å²) in [6.07, 6.45) is 0.700. The SMILES string of the molecule is CCn1c(C=O)nc(Sc2cc(F)cc(F)c2)c1C(C)C. The number of hydrogen-bond acceptors (Lipinski definition) is 3. The molecule has 2 rings (SSSR count). The van der Waals surface area contributed by atoms with Gasteiger partial charge in [0.05, 0.1) is 5.69 Å². The summed E-state index contributed by atoms with van der Waals surface area (Å²) in [4.78, 5) is 15.8. The van der Waals surface area contributed by atoms with E-state index in [1.54, 1.807) is 0 Å². The molecule has 0 saturated heterocycles. The molecule has 21 heavy (non-hydrogen) atoms. The molecule has 0 spiro atoms. The van der Waals surface area contributed by atoms with Crippen LogP contribution in [-0.4, -0.2) is 15.8 Å². The van der Waals surface area contributed by atoms with Crippen molar-refractivity contribution in [2.75, 3.05) is 0 Å². The van der Waals surface area contributed by atoms with Crippen molar-refractivity contribution in [1.29, 1.82) is 0 Å². The lowest BCUT2D eigenvalue weighted by Gasteiger charge is -2.11. The second-order valence-corrected chi connectivity index (χ2v) is 5.95. The van der Waals surface area contributed by atoms with Crippen LogP contribution in [0.1, 0.15) is 43.0 Å². The van der Waals surface area contributed by atoms with Gasteiger partial charge >= 0.3 is 0 Å². The quantitative estimate of drug-likeness (QED) is 0.774. The molecule has 0 aliphatic carbocycles. The Labute approximate surface area is 126 Å². The van der Waals surface area contributed by atoms with Crippen molar-refractivity contribution in [2.24, 2.45) is 0 Å². The molecule has 6 heteroatoms. The average molecular weight is 310 g/mol. The van der Waals surface area contributed by atoms with Gasteiger partial charge in [-0.25, -0.2) is 13.8 Å². The van der Waals surface area contributed by atoms with E-state index >= 15 is 0 Å². The maximum Gasteiger partial charge on any atom is 0.185 e. The molecule has 0 amide bonds. The summed E-state index contributed by atoms with van der Waals surface area (Å²) >= 11 is 1.17. The molecule has 0 aliphatic rings. The van der Waals surface area contributed by atoms with E-state index in [1.165, 1.54) is 23.9 Å². The number of carbonyl (C=O) groups is 1. The zero-order valence-corrected chi connectivity index (χ0v) is 12.9. The van der Waals surface area contributed by atoms with E-state index in [1.807, 2.05) is 25.3 Å². The maximum absolute atomic E-state index is 13.3. The fourth-order valence-electron chi connectivity index (χ4n) is 2.22. The van der Waals surface area contributed by atoms with Crippen LogP contribution in [0.4, 0.5) is 8.78 Å². The van der Waals surface area contributed by atoms with Gasteiger partial charge < -0.3 is 4.57 Å². The molecule has 3 nitrogen and oxygen atoms in total. The van der Waals surface area contributed by atoms with Crippen LogP contribution in [0.25, 0.3) is 0 Å². The Bertz CT molecular complexity index is 648. The molecule has 0 fully saturated rings. The minimum absolute atomic E-state index is 0.145. The Morgan fingerprint density at radius 3 is 2.38 bits per heavy atom. The van der Waals surface area contributed by atoms with Crippen molar-refractivity contribution in [2.45, 2.75) is 43.2 Å². The number of rotatable bonds is 5. The fraction of sp³-hybridized carbons (Fsp3) is 0.333. The number of hydrogen-bond donors (Lipinski definition) is 0. The largest absolute Gasteiger partial charge is 0.325 e. The summed E-state index contributed by atoms with van der Waals surface area (Å²) in [5, 5.41) is 0.610. The first-order chi connectivity index (χ1) is 9.96. The van der Waals surface area contributed by atoms with Gasteiger partial charge in [0.25, 0.3) is 0 Å². The van der Waals surface area contributed by atoms with Gasteiger partial charge in [0.1, 0.15) is 16.7 Å². The van der Waals surface area contributed by atoms with Crippen molar-refractivity contribution in [3.8, 4) is 0 Å². The van der Waals surface area contributed by atoms with Crippen molar-refractivity contribution >= 4 is 18.0 Å². The van der Waals surface area contributed by atoms with Crippen LogP contribution in [0.2, 0.25) is 0 Å². The molecule has 0 N–H and O–H groups in total. The van der Waals surface area contributed by atoms with Gasteiger partial charge in [-0.2, -0.15) is 0 Å². The van der Waals surface area contributed by atoms with Crippen molar-refractivity contribution in [3.63, 3.8) is 0 Å². The monoisotopic (exact) mass is 310 g/mol. The Morgan fingerprint density at radius 1 is 1.29 bits per heavy atom. The van der Waals surface area contributed by atoms with E-state index in [2.05, 4.69) is 4.98 Å². The van der Waals surface area contributed by atoms with Gasteiger partial charge in [0.2, 0.25) is 0 Å². The molecule has 0 radical (unpaired) electrons. The second kappa shape index (κ2) is 6.39. The number of imidazole rings is 1. The first kappa shape index (κ1) is 15.7. The van der Waals surface area contributed by atoms with Crippen molar-refractivity contribution in [1.82, 2.24) is 9.55 Å². The smallest absolute Gasteiger partial charge is 0.185 e. The van der Waals surface area contributed by atoms with Crippen LogP contribution in [0.3, 0.4) is 0 Å². The van der Waals surface area contributed by atoms with Gasteiger partial charge in [0.15, 0.2) is 12.1 Å². The van der Waals surface area contributed by atoms with E-state index in [0.717, 1.165) is 11.8 Å². The average Bonchev–Trinajstić information content (AvgIpc) is 2.75. The van der Waals surface area contributed by atoms with Crippen LogP contribution in [0.15, 0.2) is 28.1 Å². The van der Waals surface area contributed by atoms with E-state index in [0.29, 0.717) is 28.6 Å². The number of carbonyl (C=O) groups excluding carboxylic acids is 1. The molecule has 0 unspecified atom stereocenters. The molecule has 0 aliphatic heterocycles. The molecular formula is C15H16F2N2OS. The molecule has 0 saturated carbocycles. The Morgan fingerprint density at radius 2 is 1.90 bits per heavy atom. The van der Waals surface area contributed by atoms with E-state index in [9.17, 15) is 13.6 Å². The number of halogens is 2. The summed E-state index contributed by atoms with van der Waals surface area (Å²) in [5.74, 6) is -0.782. The highest BCUT2D eigenvalue weighted by molar-refractivity contribution is 7.99. The number of benzene rings is 1. The van der Waals surface area contributed by atoms with Crippen LogP contribution in [-0.2, 0) is 6.54 Å². The molecule has 112 valence electrons. The van der Waals surface area contributed by atoms with Gasteiger partial charge in [0, 0.05) is 17.5 Å². The lowest BCUT2D eigenvalue weighted by atomic mass is 10.1. The van der Waals surface area contributed by atoms with Gasteiger partial charge in [-0.3, -0.25) is 4.79 Å². The first-order valence-corrected chi connectivity index (χ1v) is 7.47. The minimum Gasteiger partial charge on any atom is -0.325 e. The fourth-order valence-corrected chi connectivity index (χ4v) is 3.37. The molecule has 0 atom stereocenters. The number of aromatic nitrogens is 2. The van der Waals surface area contributed by atoms with Crippen molar-refractivity contribution < 1.29 is 13.6 Å². The highest BCUT2D eigenvalue weighted by Crippen LogP contribution is 2.34. The summed E-state index contributed by atoms with van der Waals surface area (Å²) in [7, 11) is 0. The standard InChI is InChI=1S/C15H16F2N2OS/c1-4-19-13(8-20)18-15(14(19)9(2)3)21-12-6-10(16)5-11(17)7-12/h5-9H,4H2,1-3H3. The third kappa shape index (κ3) is 3.32. The number of aldehydes is 1. The molecule has 1 heterocycles. The summed E-state index contributed by atoms with van der Waals surface area (Å²) < 4.78 is 28.4. The highest BCUT2D eigenvalue weighted by atomic mass is 32.2. The lowest BCUT2D eigenvalue weighted by molar-refractivity contribution is 0.111. The normalized spacial score (nSPS) is 11.1. The first-order valence-electron chi connectivity index (χ1n) is 6.65. The third-order valence-corrected chi connectivity index (χ3v) is 3.99. The zero-order chi connectivity index (χ0) is 15.6. The predicted octanol–water partition coefficient (Wildman–Crippen LogP) is 4.27. The van der Waals surface area contributed by atoms with E-state index < -0.39 is 11.6 Å². The molecule has 2 aromatic rings. The van der Waals surface area contributed by atoms with Crippen LogP contribution in [0.5, 0.6) is 0 Å². The minimum atomic E-state index is -0.630. The van der Waals surface area contributed by atoms with E-state index in [-0.39, 0.29) is 5.92 Å². The maximum atomic E-state index is 13.3. The zero-order valence-electron chi connectivity index (χ0n) is 12.1. The van der Waals surface area contributed by atoms with Crippen LogP contribution < -0.4 is 0 Å². The third-order valence-electron chi connectivity index (χ3n) is 3.02. The summed E-state index contributed by atoms with van der Waals surface area (Å²) in [5.41, 5.74) is 0.897. The highest BCUT2D eigenvalue weighted by Gasteiger charge is 2.19. The molecular weight excluding hydrogens is 294 g/mol. The van der Waals surface area contributed by atoms with Crippen LogP contribution in [0, 0.1) is 11.6 Å². The molecule has 0 bridgehead atoms. The van der Waals surface area contributed by atoms with Crippen molar-refractivity contribution in [3.05, 3.63) is 41.4 Å². The van der Waals surface area contributed by atoms with Crippen LogP contribution >= 0.6 is 11.8 Å². The summed E-state index contributed by atoms with van der Waals surface area (Å²) in [6, 6.07) is 3.34. The molecule has 1 aromatic heterocycles. The van der Waals surface area contributed by atoms with Gasteiger partial charge in [-0.05, 0) is 25.0 Å². The van der Waals surface area contributed by atoms with Gasteiger partial charge in [-0.1, -0.05) is 25.6 Å². The number of nitrogens with zero attached hydrogens (tertiary/aromatic N) is 2. The Kier molecular flexibility index (Phi) is 4.77. The Balaban J connectivity index is 2.48. The van der Waals surface area contributed by atoms with Gasteiger partial charge in [-0.15, -0.1) is 0 Å². The summed E-state index contributed by atoms with van der Waals surface area (Å²) in [6.45, 7) is 6.53.